The lowest BCUT2D eigenvalue weighted by molar-refractivity contribution is 0.757. The minimum Gasteiger partial charge on any atom is -0.379 e. The SMILES string of the molecule is Cc1nn(C)c(Cl)c1CNc1c(Br)cc(Br)cc1Br. The number of rotatable bonds is 3. The predicted molar refractivity (Wildman–Crippen MR) is 89.8 cm³/mol. The van der Waals surface area contributed by atoms with Crippen LogP contribution in [0.4, 0.5) is 5.69 Å². The Hall–Kier alpha value is -0.0400. The van der Waals surface area contributed by atoms with Crippen LogP contribution in [0.1, 0.15) is 11.3 Å². The summed E-state index contributed by atoms with van der Waals surface area (Å²) in [5.74, 6) is 0. The molecule has 0 aliphatic heterocycles. The number of hydrogen-bond acceptors (Lipinski definition) is 2. The van der Waals surface area contributed by atoms with Gasteiger partial charge in [-0.25, -0.2) is 0 Å². The van der Waals surface area contributed by atoms with Crippen LogP contribution in [-0.4, -0.2) is 9.78 Å². The molecule has 2 rings (SSSR count). The highest BCUT2D eigenvalue weighted by Gasteiger charge is 2.12. The number of anilines is 1. The van der Waals surface area contributed by atoms with E-state index in [1.54, 1.807) is 4.68 Å². The summed E-state index contributed by atoms with van der Waals surface area (Å²) in [6, 6.07) is 3.98. The molecule has 0 fully saturated rings. The van der Waals surface area contributed by atoms with Crippen LogP contribution in [0.15, 0.2) is 25.6 Å². The van der Waals surface area contributed by atoms with Crippen LogP contribution < -0.4 is 5.32 Å². The van der Waals surface area contributed by atoms with Crippen LogP contribution in [0.5, 0.6) is 0 Å². The van der Waals surface area contributed by atoms with Gasteiger partial charge in [-0.1, -0.05) is 27.5 Å². The lowest BCUT2D eigenvalue weighted by Crippen LogP contribution is -2.02. The number of hydrogen-bond donors (Lipinski definition) is 1. The Morgan fingerprint density at radius 3 is 2.32 bits per heavy atom. The van der Waals surface area contributed by atoms with E-state index in [-0.39, 0.29) is 0 Å². The van der Waals surface area contributed by atoms with E-state index in [1.165, 1.54) is 0 Å². The first-order chi connectivity index (χ1) is 8.90. The fraction of sp³-hybridized carbons (Fsp3) is 0.250. The first kappa shape index (κ1) is 15.4. The van der Waals surface area contributed by atoms with Crippen LogP contribution >= 0.6 is 59.4 Å². The van der Waals surface area contributed by atoms with Gasteiger partial charge in [0.05, 0.1) is 11.4 Å². The second-order valence-corrected chi connectivity index (χ2v) is 7.06. The summed E-state index contributed by atoms with van der Waals surface area (Å²) in [6.45, 7) is 2.58. The zero-order valence-electron chi connectivity index (χ0n) is 10.3. The van der Waals surface area contributed by atoms with Crippen molar-refractivity contribution in [3.05, 3.63) is 42.0 Å². The van der Waals surface area contributed by atoms with Crippen LogP contribution in [0.25, 0.3) is 0 Å². The second kappa shape index (κ2) is 6.16. The fourth-order valence-corrected chi connectivity index (χ4v) is 4.54. The molecular formula is C12H11Br3ClN3. The minimum atomic E-state index is 0.622. The van der Waals surface area contributed by atoms with Crippen LogP contribution in [0.3, 0.4) is 0 Å². The smallest absolute Gasteiger partial charge is 0.131 e. The molecule has 0 saturated heterocycles. The molecule has 7 heteroatoms. The van der Waals surface area contributed by atoms with Crippen molar-refractivity contribution in [2.24, 2.45) is 7.05 Å². The van der Waals surface area contributed by atoms with Gasteiger partial charge in [0, 0.05) is 32.6 Å². The maximum absolute atomic E-state index is 6.21. The number of halogens is 4. The molecule has 102 valence electrons. The van der Waals surface area contributed by atoms with E-state index < -0.39 is 0 Å². The number of aromatic nitrogens is 2. The van der Waals surface area contributed by atoms with Gasteiger partial charge < -0.3 is 5.32 Å². The van der Waals surface area contributed by atoms with E-state index in [0.717, 1.165) is 30.4 Å². The topological polar surface area (TPSA) is 29.9 Å². The Kier molecular flexibility index (Phi) is 4.98. The average Bonchev–Trinajstić information content (AvgIpc) is 2.53. The molecule has 3 nitrogen and oxygen atoms in total. The Balaban J connectivity index is 2.24. The molecule has 0 bridgehead atoms. The quantitative estimate of drug-likeness (QED) is 0.659. The molecule has 1 aromatic carbocycles. The first-order valence-corrected chi connectivity index (χ1v) is 8.22. The van der Waals surface area contributed by atoms with Gasteiger partial charge in [-0.15, -0.1) is 0 Å². The Labute approximate surface area is 142 Å². The molecule has 0 unspecified atom stereocenters. The van der Waals surface area contributed by atoms with Gasteiger partial charge >= 0.3 is 0 Å². The molecule has 0 amide bonds. The van der Waals surface area contributed by atoms with Gasteiger partial charge in [0.25, 0.3) is 0 Å². The van der Waals surface area contributed by atoms with E-state index in [4.69, 9.17) is 11.6 Å². The summed E-state index contributed by atoms with van der Waals surface area (Å²) < 4.78 is 4.64. The highest BCUT2D eigenvalue weighted by atomic mass is 79.9. The lowest BCUT2D eigenvalue weighted by atomic mass is 10.2. The standard InChI is InChI=1S/C12H11Br3ClN3/c1-6-8(12(16)19(2)18-6)5-17-11-9(14)3-7(13)4-10(11)15/h3-4,17H,5H2,1-2H3. The van der Waals surface area contributed by atoms with Crippen molar-refractivity contribution >= 4 is 65.1 Å². The van der Waals surface area contributed by atoms with Crippen molar-refractivity contribution in [3.63, 3.8) is 0 Å². The Morgan fingerprint density at radius 1 is 1.26 bits per heavy atom. The van der Waals surface area contributed by atoms with Gasteiger partial charge in [-0.05, 0) is 50.9 Å². The summed E-state index contributed by atoms with van der Waals surface area (Å²) in [7, 11) is 1.84. The van der Waals surface area contributed by atoms with E-state index >= 15 is 0 Å². The summed E-state index contributed by atoms with van der Waals surface area (Å²) >= 11 is 16.7. The van der Waals surface area contributed by atoms with Crippen LogP contribution in [-0.2, 0) is 13.6 Å². The average molecular weight is 472 g/mol. The van der Waals surface area contributed by atoms with Gasteiger partial charge in [0.1, 0.15) is 5.15 Å². The maximum atomic E-state index is 6.21. The summed E-state index contributed by atoms with van der Waals surface area (Å²) in [5, 5.41) is 8.32. The van der Waals surface area contributed by atoms with E-state index in [2.05, 4.69) is 58.2 Å². The molecule has 1 aromatic heterocycles. The van der Waals surface area contributed by atoms with Gasteiger partial charge in [0.2, 0.25) is 0 Å². The van der Waals surface area contributed by atoms with Crippen LogP contribution in [0.2, 0.25) is 5.15 Å². The van der Waals surface area contributed by atoms with Crippen LogP contribution in [0, 0.1) is 6.92 Å². The predicted octanol–water partition coefficient (Wildman–Crippen LogP) is 5.28. The highest BCUT2D eigenvalue weighted by molar-refractivity contribution is 9.11. The summed E-state index contributed by atoms with van der Waals surface area (Å²) in [6.07, 6.45) is 0. The molecule has 0 spiro atoms. The number of nitrogens with zero attached hydrogens (tertiary/aromatic N) is 2. The third kappa shape index (κ3) is 3.35. The molecule has 0 saturated carbocycles. The molecule has 0 radical (unpaired) electrons. The molecule has 1 heterocycles. The second-order valence-electron chi connectivity index (χ2n) is 4.08. The van der Waals surface area contributed by atoms with Crippen molar-refractivity contribution in [1.29, 1.82) is 0 Å². The zero-order valence-corrected chi connectivity index (χ0v) is 15.8. The molecule has 19 heavy (non-hydrogen) atoms. The van der Waals surface area contributed by atoms with E-state index in [1.807, 2.05) is 26.1 Å². The number of aryl methyl sites for hydroxylation is 2. The Morgan fingerprint density at radius 2 is 1.84 bits per heavy atom. The molecule has 1 N–H and O–H groups in total. The maximum Gasteiger partial charge on any atom is 0.131 e. The molecular weight excluding hydrogens is 461 g/mol. The molecule has 0 aliphatic carbocycles. The summed E-state index contributed by atoms with van der Waals surface area (Å²) in [5.41, 5.74) is 2.93. The Bertz CT molecular complexity index is 602. The lowest BCUT2D eigenvalue weighted by Gasteiger charge is -2.11. The van der Waals surface area contributed by atoms with E-state index in [9.17, 15) is 0 Å². The summed E-state index contributed by atoms with van der Waals surface area (Å²) in [4.78, 5) is 0. The highest BCUT2D eigenvalue weighted by Crippen LogP contribution is 2.35. The third-order valence-corrected chi connectivity index (χ3v) is 4.90. The van der Waals surface area contributed by atoms with Gasteiger partial charge in [-0.2, -0.15) is 5.10 Å². The number of benzene rings is 1. The van der Waals surface area contributed by atoms with Crippen molar-refractivity contribution in [1.82, 2.24) is 9.78 Å². The molecule has 0 atom stereocenters. The molecule has 0 aliphatic rings. The van der Waals surface area contributed by atoms with Crippen molar-refractivity contribution in [3.8, 4) is 0 Å². The fourth-order valence-electron chi connectivity index (χ4n) is 1.76. The van der Waals surface area contributed by atoms with Crippen molar-refractivity contribution in [2.45, 2.75) is 13.5 Å². The normalized spacial score (nSPS) is 10.8. The first-order valence-electron chi connectivity index (χ1n) is 5.46. The van der Waals surface area contributed by atoms with Crippen molar-refractivity contribution < 1.29 is 0 Å². The number of nitrogens with one attached hydrogen (secondary N) is 1. The third-order valence-electron chi connectivity index (χ3n) is 2.72. The van der Waals surface area contributed by atoms with Gasteiger partial charge in [-0.3, -0.25) is 4.68 Å². The zero-order chi connectivity index (χ0) is 14.2. The molecule has 2 aromatic rings. The monoisotopic (exact) mass is 469 g/mol. The van der Waals surface area contributed by atoms with E-state index in [0.29, 0.717) is 11.7 Å². The van der Waals surface area contributed by atoms with Crippen molar-refractivity contribution in [2.75, 3.05) is 5.32 Å². The van der Waals surface area contributed by atoms with Gasteiger partial charge in [0.15, 0.2) is 0 Å². The minimum absolute atomic E-state index is 0.622. The largest absolute Gasteiger partial charge is 0.379 e.